The summed E-state index contributed by atoms with van der Waals surface area (Å²) in [4.78, 5) is 14.4. The predicted octanol–water partition coefficient (Wildman–Crippen LogP) is 2.89. The SMILES string of the molecule is C[Si](C)(C)CCOC(=O)N(CCc1cccc(B(O)O)c1)Cc1ccccc1. The van der Waals surface area contributed by atoms with Crippen molar-refractivity contribution in [3.8, 4) is 0 Å². The summed E-state index contributed by atoms with van der Waals surface area (Å²) in [7, 11) is -2.76. The first-order valence-electron chi connectivity index (χ1n) is 9.65. The van der Waals surface area contributed by atoms with Crippen LogP contribution in [0.15, 0.2) is 54.6 Å². The van der Waals surface area contributed by atoms with Crippen LogP contribution in [0.2, 0.25) is 25.7 Å². The first-order valence-corrected chi connectivity index (χ1v) is 13.4. The Bertz CT molecular complexity index is 750. The largest absolute Gasteiger partial charge is 0.488 e. The van der Waals surface area contributed by atoms with Gasteiger partial charge in [-0.1, -0.05) is 74.2 Å². The Balaban J connectivity index is 2.03. The van der Waals surface area contributed by atoms with Crippen LogP contribution in [0, 0.1) is 0 Å². The molecule has 28 heavy (non-hydrogen) atoms. The second kappa shape index (κ2) is 10.5. The molecule has 2 aromatic carbocycles. The van der Waals surface area contributed by atoms with E-state index in [0.29, 0.717) is 31.6 Å². The minimum Gasteiger partial charge on any atom is -0.450 e. The summed E-state index contributed by atoms with van der Waals surface area (Å²) in [6, 6.07) is 17.9. The fourth-order valence-corrected chi connectivity index (χ4v) is 3.46. The van der Waals surface area contributed by atoms with Gasteiger partial charge in [-0.15, -0.1) is 0 Å². The van der Waals surface area contributed by atoms with Crippen LogP contribution >= 0.6 is 0 Å². The predicted molar refractivity (Wildman–Crippen MR) is 116 cm³/mol. The zero-order valence-electron chi connectivity index (χ0n) is 17.0. The Kier molecular flexibility index (Phi) is 8.29. The van der Waals surface area contributed by atoms with Gasteiger partial charge in [0, 0.05) is 21.2 Å². The van der Waals surface area contributed by atoms with Gasteiger partial charge in [0.15, 0.2) is 0 Å². The van der Waals surface area contributed by atoms with Gasteiger partial charge in [-0.2, -0.15) is 0 Å². The van der Waals surface area contributed by atoms with Crippen LogP contribution in [-0.4, -0.2) is 49.4 Å². The molecule has 2 rings (SSSR count). The number of carbonyl (C=O) groups excluding carboxylic acids is 1. The Hall–Kier alpha value is -2.09. The van der Waals surface area contributed by atoms with Crippen LogP contribution < -0.4 is 5.46 Å². The van der Waals surface area contributed by atoms with E-state index in [2.05, 4.69) is 19.6 Å². The maximum atomic E-state index is 12.7. The van der Waals surface area contributed by atoms with Gasteiger partial charge in [-0.05, 0) is 29.1 Å². The molecule has 7 heteroatoms. The van der Waals surface area contributed by atoms with Crippen LogP contribution in [0.25, 0.3) is 0 Å². The molecule has 5 nitrogen and oxygen atoms in total. The van der Waals surface area contributed by atoms with Crippen LogP contribution in [-0.2, 0) is 17.7 Å². The van der Waals surface area contributed by atoms with E-state index >= 15 is 0 Å². The lowest BCUT2D eigenvalue weighted by atomic mass is 9.79. The Morgan fingerprint density at radius 2 is 1.71 bits per heavy atom. The Morgan fingerprint density at radius 3 is 2.36 bits per heavy atom. The smallest absolute Gasteiger partial charge is 0.450 e. The summed E-state index contributed by atoms with van der Waals surface area (Å²) < 4.78 is 5.54. The normalized spacial score (nSPS) is 11.2. The average molecular weight is 399 g/mol. The minimum atomic E-state index is -1.49. The van der Waals surface area contributed by atoms with Crippen molar-refractivity contribution in [3.63, 3.8) is 0 Å². The van der Waals surface area contributed by atoms with Crippen molar-refractivity contribution in [2.45, 2.75) is 38.7 Å². The molecule has 0 aliphatic carbocycles. The summed E-state index contributed by atoms with van der Waals surface area (Å²) >= 11 is 0. The summed E-state index contributed by atoms with van der Waals surface area (Å²) in [6.07, 6.45) is 0.303. The van der Waals surface area contributed by atoms with E-state index < -0.39 is 15.2 Å². The van der Waals surface area contributed by atoms with Crippen LogP contribution in [0.1, 0.15) is 11.1 Å². The second-order valence-electron chi connectivity index (χ2n) is 8.20. The molecule has 0 saturated heterocycles. The maximum Gasteiger partial charge on any atom is 0.488 e. The molecule has 0 unspecified atom stereocenters. The van der Waals surface area contributed by atoms with Crippen LogP contribution in [0.3, 0.4) is 0 Å². The Morgan fingerprint density at radius 1 is 1.04 bits per heavy atom. The van der Waals surface area contributed by atoms with Crippen LogP contribution in [0.4, 0.5) is 4.79 Å². The number of benzene rings is 2. The van der Waals surface area contributed by atoms with Crippen molar-refractivity contribution in [1.82, 2.24) is 4.90 Å². The van der Waals surface area contributed by atoms with Gasteiger partial charge in [0.25, 0.3) is 0 Å². The van der Waals surface area contributed by atoms with E-state index in [1.54, 1.807) is 23.1 Å². The summed E-state index contributed by atoms with van der Waals surface area (Å²) in [5.41, 5.74) is 2.44. The zero-order valence-corrected chi connectivity index (χ0v) is 18.0. The molecule has 0 aromatic heterocycles. The summed E-state index contributed by atoms with van der Waals surface area (Å²) in [5, 5.41) is 18.7. The van der Waals surface area contributed by atoms with E-state index in [-0.39, 0.29) is 6.09 Å². The van der Waals surface area contributed by atoms with Gasteiger partial charge in [0.05, 0.1) is 6.61 Å². The van der Waals surface area contributed by atoms with Crippen molar-refractivity contribution in [2.75, 3.05) is 13.2 Å². The number of carbonyl (C=O) groups is 1. The lowest BCUT2D eigenvalue weighted by Crippen LogP contribution is -2.34. The van der Waals surface area contributed by atoms with Crippen LogP contribution in [0.5, 0.6) is 0 Å². The number of rotatable bonds is 9. The summed E-state index contributed by atoms with van der Waals surface area (Å²) in [6.45, 7) is 8.19. The number of hydrogen-bond acceptors (Lipinski definition) is 4. The van der Waals surface area contributed by atoms with Crippen molar-refractivity contribution in [2.24, 2.45) is 0 Å². The number of amides is 1. The van der Waals surface area contributed by atoms with Crippen molar-refractivity contribution >= 4 is 26.7 Å². The molecule has 150 valence electrons. The van der Waals surface area contributed by atoms with E-state index in [0.717, 1.165) is 17.2 Å². The molecular weight excluding hydrogens is 369 g/mol. The highest BCUT2D eigenvalue weighted by atomic mass is 28.3. The first kappa shape index (κ1) is 22.2. The van der Waals surface area contributed by atoms with Crippen molar-refractivity contribution in [1.29, 1.82) is 0 Å². The topological polar surface area (TPSA) is 70.0 Å². The number of nitrogens with zero attached hydrogens (tertiary/aromatic N) is 1. The third kappa shape index (κ3) is 7.88. The molecule has 0 atom stereocenters. The second-order valence-corrected chi connectivity index (χ2v) is 13.8. The van der Waals surface area contributed by atoms with E-state index in [4.69, 9.17) is 4.74 Å². The van der Waals surface area contributed by atoms with Gasteiger partial charge in [0.2, 0.25) is 0 Å². The average Bonchev–Trinajstić information content (AvgIpc) is 2.65. The monoisotopic (exact) mass is 399 g/mol. The first-order chi connectivity index (χ1) is 13.2. The van der Waals surface area contributed by atoms with Gasteiger partial charge in [-0.25, -0.2) is 4.79 Å². The number of hydrogen-bond donors (Lipinski definition) is 2. The van der Waals surface area contributed by atoms with Gasteiger partial charge in [-0.3, -0.25) is 0 Å². The third-order valence-corrected chi connectivity index (χ3v) is 6.18. The molecule has 0 aliphatic heterocycles. The molecule has 0 aliphatic rings. The van der Waals surface area contributed by atoms with E-state index in [9.17, 15) is 14.8 Å². The Labute approximate surface area is 169 Å². The highest BCUT2D eigenvalue weighted by Gasteiger charge is 2.19. The van der Waals surface area contributed by atoms with E-state index in [1.165, 1.54) is 0 Å². The van der Waals surface area contributed by atoms with Crippen molar-refractivity contribution < 1.29 is 19.6 Å². The highest BCUT2D eigenvalue weighted by Crippen LogP contribution is 2.11. The zero-order chi connectivity index (χ0) is 20.6. The molecule has 0 radical (unpaired) electrons. The fourth-order valence-electron chi connectivity index (χ4n) is 2.75. The minimum absolute atomic E-state index is 0.305. The van der Waals surface area contributed by atoms with Gasteiger partial charge in [0.1, 0.15) is 0 Å². The lowest BCUT2D eigenvalue weighted by Gasteiger charge is -2.23. The summed E-state index contributed by atoms with van der Waals surface area (Å²) in [5.74, 6) is 0. The molecule has 2 aromatic rings. The number of ether oxygens (including phenoxy) is 1. The lowest BCUT2D eigenvalue weighted by molar-refractivity contribution is 0.105. The van der Waals surface area contributed by atoms with Crippen molar-refractivity contribution in [3.05, 3.63) is 65.7 Å². The molecule has 1 amide bonds. The molecule has 0 saturated carbocycles. The fraction of sp³-hybridized carbons (Fsp3) is 0.381. The third-order valence-electron chi connectivity index (χ3n) is 4.47. The molecule has 0 spiro atoms. The molecular formula is C21H30BNO4Si. The highest BCUT2D eigenvalue weighted by molar-refractivity contribution is 6.76. The van der Waals surface area contributed by atoms with Gasteiger partial charge < -0.3 is 19.7 Å². The van der Waals surface area contributed by atoms with E-state index in [1.807, 2.05) is 36.4 Å². The molecule has 0 heterocycles. The standard InChI is InChI=1S/C21H30BNO4Si/c1-28(2,3)15-14-27-21(24)23(17-19-8-5-4-6-9-19)13-12-18-10-7-11-20(16-18)22(25)26/h4-11,16,25-26H,12-15,17H2,1-3H3. The molecule has 2 N–H and O–H groups in total. The quantitative estimate of drug-likeness (QED) is 0.637. The molecule has 0 bridgehead atoms. The molecule has 0 fully saturated rings. The van der Waals surface area contributed by atoms with Gasteiger partial charge >= 0.3 is 13.2 Å². The maximum absolute atomic E-state index is 12.7.